The summed E-state index contributed by atoms with van der Waals surface area (Å²) >= 11 is 0. The number of amides is 1. The summed E-state index contributed by atoms with van der Waals surface area (Å²) in [6, 6.07) is 6.55. The van der Waals surface area contributed by atoms with E-state index in [9.17, 15) is 14.7 Å². The molecular weight excluding hydrogens is 396 g/mol. The minimum absolute atomic E-state index is 0.0965. The van der Waals surface area contributed by atoms with Crippen LogP contribution in [0.5, 0.6) is 5.75 Å². The van der Waals surface area contributed by atoms with E-state index < -0.39 is 17.7 Å². The second-order valence-corrected chi connectivity index (χ2v) is 8.09. The molecule has 8 heteroatoms. The average molecular weight is 427 g/mol. The monoisotopic (exact) mass is 426 g/mol. The van der Waals surface area contributed by atoms with Gasteiger partial charge < -0.3 is 19.6 Å². The van der Waals surface area contributed by atoms with E-state index in [4.69, 9.17) is 4.74 Å². The maximum Gasteiger partial charge on any atom is 0.295 e. The molecule has 1 N–H and O–H groups in total. The van der Waals surface area contributed by atoms with E-state index in [0.29, 0.717) is 30.0 Å². The standard InChI is InChI=1S/C23H30N4O4/c1-14-18(15(2)26(5)24-14)21(28)19-20(16-8-10-17(31-6)11-9-16)27(23(30)22(19)29)13-7-12-25(3)4/h8-11,20,28H,7,12-13H2,1-6H3/t20-/m0/s1. The molecule has 0 saturated carbocycles. The Morgan fingerprint density at radius 3 is 2.35 bits per heavy atom. The lowest BCUT2D eigenvalue weighted by Crippen LogP contribution is -2.32. The lowest BCUT2D eigenvalue weighted by molar-refractivity contribution is -0.139. The van der Waals surface area contributed by atoms with Gasteiger partial charge >= 0.3 is 0 Å². The number of ketones is 1. The van der Waals surface area contributed by atoms with E-state index in [2.05, 4.69) is 5.10 Å². The van der Waals surface area contributed by atoms with Crippen molar-refractivity contribution in [3.05, 3.63) is 52.4 Å². The Bertz CT molecular complexity index is 1020. The van der Waals surface area contributed by atoms with Crippen molar-refractivity contribution in [2.24, 2.45) is 7.05 Å². The normalized spacial score (nSPS) is 18.3. The van der Waals surface area contributed by atoms with E-state index in [1.807, 2.05) is 38.1 Å². The van der Waals surface area contributed by atoms with E-state index in [-0.39, 0.29) is 11.3 Å². The SMILES string of the molecule is COc1ccc([C@H]2C(=C(O)c3c(C)nn(C)c3C)C(=O)C(=O)N2CCCN(C)C)cc1. The number of aliphatic hydroxyl groups excluding tert-OH is 1. The molecule has 1 amide bonds. The van der Waals surface area contributed by atoms with Gasteiger partial charge in [0.15, 0.2) is 0 Å². The Hall–Kier alpha value is -3.13. The minimum atomic E-state index is -0.675. The van der Waals surface area contributed by atoms with E-state index in [0.717, 1.165) is 17.8 Å². The van der Waals surface area contributed by atoms with Crippen LogP contribution >= 0.6 is 0 Å². The molecule has 0 spiro atoms. The van der Waals surface area contributed by atoms with E-state index in [1.54, 1.807) is 42.8 Å². The van der Waals surface area contributed by atoms with Crippen LogP contribution < -0.4 is 4.74 Å². The zero-order chi connectivity index (χ0) is 22.9. The fraction of sp³-hybridized carbons (Fsp3) is 0.435. The van der Waals surface area contributed by atoms with Crippen molar-refractivity contribution in [1.29, 1.82) is 0 Å². The number of hydrogen-bond acceptors (Lipinski definition) is 6. The Labute approximate surface area is 182 Å². The molecule has 0 radical (unpaired) electrons. The first-order chi connectivity index (χ1) is 14.7. The molecule has 1 aliphatic rings. The number of hydrogen-bond donors (Lipinski definition) is 1. The van der Waals surface area contributed by atoms with Gasteiger partial charge in [0.25, 0.3) is 11.7 Å². The molecule has 166 valence electrons. The molecule has 1 aromatic heterocycles. The van der Waals surface area contributed by atoms with E-state index in [1.165, 1.54) is 0 Å². The van der Waals surface area contributed by atoms with Crippen molar-refractivity contribution in [1.82, 2.24) is 19.6 Å². The molecule has 31 heavy (non-hydrogen) atoms. The van der Waals surface area contributed by atoms with Crippen LogP contribution in [0.25, 0.3) is 5.76 Å². The molecule has 1 saturated heterocycles. The molecule has 0 unspecified atom stereocenters. The number of ether oxygens (including phenoxy) is 1. The first-order valence-corrected chi connectivity index (χ1v) is 10.2. The van der Waals surface area contributed by atoms with Crippen LogP contribution in [-0.4, -0.2) is 70.7 Å². The second kappa shape index (κ2) is 8.93. The number of Topliss-reactive ketones (excluding diaryl/α,β-unsaturated/α-hetero) is 1. The quantitative estimate of drug-likeness (QED) is 0.416. The highest BCUT2D eigenvalue weighted by Gasteiger charge is 2.46. The van der Waals surface area contributed by atoms with Crippen molar-refractivity contribution in [2.45, 2.75) is 26.3 Å². The number of methoxy groups -OCH3 is 1. The summed E-state index contributed by atoms with van der Waals surface area (Å²) in [7, 11) is 7.28. The van der Waals surface area contributed by atoms with Crippen LogP contribution in [0.4, 0.5) is 0 Å². The number of aliphatic hydroxyl groups is 1. The minimum Gasteiger partial charge on any atom is -0.507 e. The van der Waals surface area contributed by atoms with Gasteiger partial charge in [0.2, 0.25) is 0 Å². The molecular formula is C23H30N4O4. The largest absolute Gasteiger partial charge is 0.507 e. The molecule has 1 fully saturated rings. The number of likely N-dealkylation sites (tertiary alicyclic amines) is 1. The number of benzene rings is 1. The smallest absolute Gasteiger partial charge is 0.295 e. The van der Waals surface area contributed by atoms with Crippen molar-refractivity contribution in [2.75, 3.05) is 34.3 Å². The van der Waals surface area contributed by atoms with Gasteiger partial charge in [0, 0.05) is 19.3 Å². The molecule has 8 nitrogen and oxygen atoms in total. The third kappa shape index (κ3) is 4.20. The summed E-state index contributed by atoms with van der Waals surface area (Å²) < 4.78 is 6.90. The van der Waals surface area contributed by atoms with Gasteiger partial charge in [0.1, 0.15) is 11.5 Å². The molecule has 3 rings (SSSR count). The third-order valence-corrected chi connectivity index (χ3v) is 5.72. The molecule has 2 aromatic rings. The van der Waals surface area contributed by atoms with Gasteiger partial charge in [-0.25, -0.2) is 0 Å². The van der Waals surface area contributed by atoms with Crippen LogP contribution in [0.1, 0.15) is 35.0 Å². The fourth-order valence-electron chi connectivity index (χ4n) is 4.05. The lowest BCUT2D eigenvalue weighted by atomic mass is 9.94. The van der Waals surface area contributed by atoms with Gasteiger partial charge in [-0.1, -0.05) is 12.1 Å². The number of rotatable bonds is 7. The van der Waals surface area contributed by atoms with Crippen LogP contribution in [0.15, 0.2) is 29.8 Å². The van der Waals surface area contributed by atoms with Crippen molar-refractivity contribution in [3.8, 4) is 5.75 Å². The highest BCUT2D eigenvalue weighted by molar-refractivity contribution is 6.46. The molecule has 1 atom stereocenters. The molecule has 0 bridgehead atoms. The predicted molar refractivity (Wildman–Crippen MR) is 118 cm³/mol. The average Bonchev–Trinajstić information content (AvgIpc) is 3.13. The van der Waals surface area contributed by atoms with E-state index >= 15 is 0 Å². The Morgan fingerprint density at radius 1 is 1.19 bits per heavy atom. The summed E-state index contributed by atoms with van der Waals surface area (Å²) in [4.78, 5) is 29.7. The summed E-state index contributed by atoms with van der Waals surface area (Å²) in [5, 5.41) is 15.6. The maximum atomic E-state index is 13.1. The topological polar surface area (TPSA) is 87.9 Å². The fourth-order valence-corrected chi connectivity index (χ4v) is 4.05. The summed E-state index contributed by atoms with van der Waals surface area (Å²) in [6.07, 6.45) is 0.706. The van der Waals surface area contributed by atoms with Crippen molar-refractivity contribution >= 4 is 17.4 Å². The third-order valence-electron chi connectivity index (χ3n) is 5.72. The van der Waals surface area contributed by atoms with Crippen LogP contribution in [0.3, 0.4) is 0 Å². The Kier molecular flexibility index (Phi) is 6.50. The van der Waals surface area contributed by atoms with Crippen molar-refractivity contribution < 1.29 is 19.4 Å². The van der Waals surface area contributed by atoms with Gasteiger partial charge in [-0.05, 0) is 58.6 Å². The van der Waals surface area contributed by atoms with Gasteiger partial charge in [-0.15, -0.1) is 0 Å². The second-order valence-electron chi connectivity index (χ2n) is 8.09. The highest BCUT2D eigenvalue weighted by atomic mass is 16.5. The molecule has 2 heterocycles. The molecule has 1 aliphatic heterocycles. The first-order valence-electron chi connectivity index (χ1n) is 10.2. The number of aryl methyl sites for hydroxylation is 2. The van der Waals surface area contributed by atoms with Gasteiger partial charge in [0.05, 0.1) is 30.0 Å². The maximum absolute atomic E-state index is 13.1. The van der Waals surface area contributed by atoms with Crippen molar-refractivity contribution in [3.63, 3.8) is 0 Å². The molecule has 0 aliphatic carbocycles. The number of carbonyl (C=O) groups is 2. The molecule has 1 aromatic carbocycles. The van der Waals surface area contributed by atoms with Crippen LogP contribution in [-0.2, 0) is 16.6 Å². The number of carbonyl (C=O) groups excluding carboxylic acids is 2. The van der Waals surface area contributed by atoms with Crippen LogP contribution in [0, 0.1) is 13.8 Å². The first kappa shape index (κ1) is 22.6. The van der Waals surface area contributed by atoms with Crippen LogP contribution in [0.2, 0.25) is 0 Å². The number of nitrogens with zero attached hydrogens (tertiary/aromatic N) is 4. The number of aromatic nitrogens is 2. The highest BCUT2D eigenvalue weighted by Crippen LogP contribution is 2.40. The Morgan fingerprint density at radius 2 is 1.84 bits per heavy atom. The summed E-state index contributed by atoms with van der Waals surface area (Å²) in [5.41, 5.74) is 2.66. The Balaban J connectivity index is 2.14. The van der Waals surface area contributed by atoms with Gasteiger partial charge in [-0.3, -0.25) is 14.3 Å². The summed E-state index contributed by atoms with van der Waals surface area (Å²) in [5.74, 6) is -0.782. The summed E-state index contributed by atoms with van der Waals surface area (Å²) in [6.45, 7) is 4.78. The zero-order valence-electron chi connectivity index (χ0n) is 19.0. The predicted octanol–water partition coefficient (Wildman–Crippen LogP) is 2.42. The van der Waals surface area contributed by atoms with Gasteiger partial charge in [-0.2, -0.15) is 5.10 Å². The lowest BCUT2D eigenvalue weighted by Gasteiger charge is -2.26. The zero-order valence-corrected chi connectivity index (χ0v) is 19.0.